The van der Waals surface area contributed by atoms with Gasteiger partial charge in [0, 0.05) is 15.5 Å². The first-order valence-electron chi connectivity index (χ1n) is 6.30. The van der Waals surface area contributed by atoms with Gasteiger partial charge in [0.2, 0.25) is 5.91 Å². The maximum atomic E-state index is 12.3. The third-order valence-corrected chi connectivity index (χ3v) is 6.00. The molecule has 1 N–H and O–H groups in total. The van der Waals surface area contributed by atoms with E-state index in [0.717, 1.165) is 20.1 Å². The Labute approximate surface area is 143 Å². The van der Waals surface area contributed by atoms with Crippen LogP contribution in [0.4, 0.5) is 0 Å². The first-order chi connectivity index (χ1) is 9.40. The zero-order valence-corrected chi connectivity index (χ0v) is 15.6. The average molecular weight is 468 g/mol. The molecule has 1 saturated heterocycles. The zero-order valence-electron chi connectivity index (χ0n) is 10.9. The molecule has 1 aliphatic heterocycles. The molecule has 0 bridgehead atoms. The summed E-state index contributed by atoms with van der Waals surface area (Å²) < 4.78 is 1.94. The highest BCUT2D eigenvalue weighted by Crippen LogP contribution is 2.28. The Balaban J connectivity index is 2.27. The third kappa shape index (κ3) is 3.52. The van der Waals surface area contributed by atoms with Gasteiger partial charge >= 0.3 is 0 Å². The van der Waals surface area contributed by atoms with E-state index < -0.39 is 5.92 Å². The van der Waals surface area contributed by atoms with E-state index in [0.29, 0.717) is 19.4 Å². The minimum Gasteiger partial charge on any atom is -0.355 e. The molecule has 0 aliphatic carbocycles. The highest BCUT2D eigenvalue weighted by atomic mass is 79.9. The van der Waals surface area contributed by atoms with Gasteiger partial charge < -0.3 is 5.32 Å². The number of amides is 1. The van der Waals surface area contributed by atoms with Crippen molar-refractivity contribution in [3.63, 3.8) is 0 Å². The fourth-order valence-electron chi connectivity index (χ4n) is 2.18. The normalized spacial score (nSPS) is 23.4. The molecule has 1 heterocycles. The molecule has 0 spiro atoms. The Bertz CT molecular complexity index is 536. The summed E-state index contributed by atoms with van der Waals surface area (Å²) in [7, 11) is 0. The quantitative estimate of drug-likeness (QED) is 0.534. The van der Waals surface area contributed by atoms with Crippen molar-refractivity contribution < 1.29 is 9.59 Å². The number of hydrogen-bond acceptors (Lipinski definition) is 2. The summed E-state index contributed by atoms with van der Waals surface area (Å²) in [5, 5.41) is 2.80. The summed E-state index contributed by atoms with van der Waals surface area (Å²) in [6.45, 7) is 2.54. The largest absolute Gasteiger partial charge is 0.355 e. The fraction of sp³-hybridized carbons (Fsp3) is 0.429. The van der Waals surface area contributed by atoms with Crippen molar-refractivity contribution >= 4 is 59.5 Å². The standard InChI is InChI=1S/C14H14Br3NO2/c1-7-11(16)5-8(6-12(7)17)4-9-13(19)10(15)2-3-18-14(9)20/h5-6,9-10H,2-4H2,1H3,(H,18,20). The summed E-state index contributed by atoms with van der Waals surface area (Å²) in [6.07, 6.45) is 1.06. The first kappa shape index (κ1) is 16.2. The number of Topliss-reactive ketones (excluding diaryl/α,β-unsaturated/α-hetero) is 1. The van der Waals surface area contributed by atoms with Gasteiger partial charge in [-0.3, -0.25) is 9.59 Å². The molecule has 2 rings (SSSR count). The lowest BCUT2D eigenvalue weighted by atomic mass is 9.93. The smallest absolute Gasteiger partial charge is 0.230 e. The van der Waals surface area contributed by atoms with Crippen molar-refractivity contribution in [1.29, 1.82) is 0 Å². The van der Waals surface area contributed by atoms with E-state index in [1.165, 1.54) is 0 Å². The van der Waals surface area contributed by atoms with Crippen LogP contribution in [0.15, 0.2) is 21.1 Å². The van der Waals surface area contributed by atoms with Gasteiger partial charge in [0.1, 0.15) is 5.92 Å². The predicted octanol–water partition coefficient (Wildman–Crippen LogP) is 3.53. The lowest BCUT2D eigenvalue weighted by molar-refractivity contribution is -0.132. The summed E-state index contributed by atoms with van der Waals surface area (Å²) >= 11 is 10.4. The minimum absolute atomic E-state index is 0.0344. The topological polar surface area (TPSA) is 46.2 Å². The number of benzene rings is 1. The van der Waals surface area contributed by atoms with Crippen LogP contribution in [0.2, 0.25) is 0 Å². The second-order valence-corrected chi connectivity index (χ2v) is 7.70. The van der Waals surface area contributed by atoms with E-state index in [1.807, 2.05) is 19.1 Å². The number of hydrogen-bond donors (Lipinski definition) is 1. The van der Waals surface area contributed by atoms with Crippen molar-refractivity contribution in [2.75, 3.05) is 6.54 Å². The molecule has 1 fully saturated rings. The number of rotatable bonds is 2. The Kier molecular flexibility index (Phi) is 5.42. The number of alkyl halides is 1. The Morgan fingerprint density at radius 2 is 1.85 bits per heavy atom. The summed E-state index contributed by atoms with van der Waals surface area (Å²) in [6, 6.07) is 3.93. The number of carbonyl (C=O) groups is 2. The minimum atomic E-state index is -0.622. The highest BCUT2D eigenvalue weighted by Gasteiger charge is 2.33. The molecule has 1 aliphatic rings. The lowest BCUT2D eigenvalue weighted by Gasteiger charge is -2.15. The van der Waals surface area contributed by atoms with E-state index in [-0.39, 0.29) is 16.5 Å². The molecule has 2 atom stereocenters. The maximum Gasteiger partial charge on any atom is 0.230 e. The molecule has 0 aromatic heterocycles. The molecule has 0 radical (unpaired) electrons. The predicted molar refractivity (Wildman–Crippen MR) is 89.1 cm³/mol. The molecule has 108 valence electrons. The van der Waals surface area contributed by atoms with Gasteiger partial charge in [0.15, 0.2) is 5.78 Å². The molecule has 0 saturated carbocycles. The van der Waals surface area contributed by atoms with Gasteiger partial charge in [0.05, 0.1) is 4.83 Å². The van der Waals surface area contributed by atoms with E-state index in [9.17, 15) is 9.59 Å². The molecule has 6 heteroatoms. The van der Waals surface area contributed by atoms with Crippen LogP contribution in [0.1, 0.15) is 17.5 Å². The molecule has 1 aromatic rings. The second kappa shape index (κ2) is 6.71. The molecule has 2 unspecified atom stereocenters. The van der Waals surface area contributed by atoms with Crippen molar-refractivity contribution in [2.24, 2.45) is 5.92 Å². The molecule has 3 nitrogen and oxygen atoms in total. The van der Waals surface area contributed by atoms with E-state index in [2.05, 4.69) is 53.1 Å². The van der Waals surface area contributed by atoms with Gasteiger partial charge in [-0.05, 0) is 43.0 Å². The van der Waals surface area contributed by atoms with Crippen LogP contribution in [-0.4, -0.2) is 23.1 Å². The molecular weight excluding hydrogens is 454 g/mol. The Hall–Kier alpha value is -0.200. The fourth-order valence-corrected chi connectivity index (χ4v) is 4.01. The number of ketones is 1. The van der Waals surface area contributed by atoms with E-state index in [4.69, 9.17) is 0 Å². The number of halogens is 3. The van der Waals surface area contributed by atoms with Gasteiger partial charge in [-0.25, -0.2) is 0 Å². The number of carbonyl (C=O) groups excluding carboxylic acids is 2. The van der Waals surface area contributed by atoms with E-state index >= 15 is 0 Å². The summed E-state index contributed by atoms with van der Waals surface area (Å²) in [5.41, 5.74) is 2.06. The van der Waals surface area contributed by atoms with Crippen molar-refractivity contribution in [1.82, 2.24) is 5.32 Å². The monoisotopic (exact) mass is 465 g/mol. The van der Waals surface area contributed by atoms with Crippen LogP contribution in [0.3, 0.4) is 0 Å². The lowest BCUT2D eigenvalue weighted by Crippen LogP contribution is -2.35. The van der Waals surface area contributed by atoms with Crippen LogP contribution in [0.5, 0.6) is 0 Å². The molecular formula is C14H14Br3NO2. The van der Waals surface area contributed by atoms with Crippen molar-refractivity contribution in [2.45, 2.75) is 24.6 Å². The van der Waals surface area contributed by atoms with Crippen molar-refractivity contribution in [3.8, 4) is 0 Å². The summed E-state index contributed by atoms with van der Waals surface area (Å²) in [5.74, 6) is -0.832. The van der Waals surface area contributed by atoms with Crippen LogP contribution in [-0.2, 0) is 16.0 Å². The first-order valence-corrected chi connectivity index (χ1v) is 8.80. The zero-order chi connectivity index (χ0) is 14.9. The van der Waals surface area contributed by atoms with E-state index in [1.54, 1.807) is 0 Å². The maximum absolute atomic E-state index is 12.3. The van der Waals surface area contributed by atoms with Crippen LogP contribution in [0.25, 0.3) is 0 Å². The Morgan fingerprint density at radius 1 is 1.25 bits per heavy atom. The third-order valence-electron chi connectivity index (χ3n) is 3.45. The van der Waals surface area contributed by atoms with Crippen LogP contribution in [0, 0.1) is 12.8 Å². The molecule has 1 amide bonds. The van der Waals surface area contributed by atoms with Gasteiger partial charge in [-0.1, -0.05) is 47.8 Å². The number of nitrogens with one attached hydrogen (secondary N) is 1. The molecule has 20 heavy (non-hydrogen) atoms. The van der Waals surface area contributed by atoms with Crippen LogP contribution < -0.4 is 5.32 Å². The highest BCUT2D eigenvalue weighted by molar-refractivity contribution is 9.11. The summed E-state index contributed by atoms with van der Waals surface area (Å²) in [4.78, 5) is 24.1. The Morgan fingerprint density at radius 3 is 2.45 bits per heavy atom. The molecule has 1 aromatic carbocycles. The average Bonchev–Trinajstić information content (AvgIpc) is 2.50. The second-order valence-electron chi connectivity index (χ2n) is 4.89. The van der Waals surface area contributed by atoms with Crippen molar-refractivity contribution in [3.05, 3.63) is 32.2 Å². The van der Waals surface area contributed by atoms with Crippen LogP contribution >= 0.6 is 47.8 Å². The van der Waals surface area contributed by atoms with Gasteiger partial charge in [0.25, 0.3) is 0 Å². The van der Waals surface area contributed by atoms with Gasteiger partial charge in [-0.2, -0.15) is 0 Å². The SMILES string of the molecule is Cc1c(Br)cc(CC2C(=O)NCCC(Br)C2=O)cc1Br. The van der Waals surface area contributed by atoms with Gasteiger partial charge in [-0.15, -0.1) is 0 Å².